The number of likely N-dealkylation sites (N-methyl/N-ethyl adjacent to an activating group) is 1. The van der Waals surface area contributed by atoms with Crippen molar-refractivity contribution in [1.29, 1.82) is 0 Å². The number of phosphoric acid groups is 1. The summed E-state index contributed by atoms with van der Waals surface area (Å²) in [6, 6.07) is -0.846. The lowest BCUT2D eigenvalue weighted by atomic mass is 10.0. The molecule has 0 aliphatic heterocycles. The first-order valence-corrected chi connectivity index (χ1v) is 36.8. The van der Waals surface area contributed by atoms with Gasteiger partial charge in [0, 0.05) is 12.8 Å². The predicted molar refractivity (Wildman–Crippen MR) is 351 cm³/mol. The summed E-state index contributed by atoms with van der Waals surface area (Å²) < 4.78 is 30.8. The molecule has 1 amide bonds. The van der Waals surface area contributed by atoms with Gasteiger partial charge in [-0.1, -0.05) is 295 Å². The zero-order valence-corrected chi connectivity index (χ0v) is 55.7. The fourth-order valence-corrected chi connectivity index (χ4v) is 11.3. The molecule has 0 aliphatic carbocycles. The standard InChI is InChI=1S/C71H137N2O7P/c1-7-10-13-16-19-22-25-27-29-31-33-35-36-38-39-41-43-45-48-51-54-57-60-63-70(74)72-68(67-79-81(76,77)78-66-65-73(4,5)6)69(62-59-56-53-50-47-24-21-18-15-12-9-3)80-71(75)64-61-58-55-52-49-46-44-42-40-37-34-32-30-28-26-23-20-17-14-11-8-2/h27-30,59,62,68-69H,7-26,31-58,60-61,63-67H2,1-6H3,(H-,72,74,76,77)/p+1/b29-27+,30-28+,62-59+. The molecule has 0 saturated carbocycles. The Labute approximate surface area is 504 Å². The molecule has 2 N–H and O–H groups in total. The number of esters is 1. The minimum Gasteiger partial charge on any atom is -0.456 e. The molecule has 0 fully saturated rings. The summed E-state index contributed by atoms with van der Waals surface area (Å²) in [5.41, 5.74) is 0. The number of carbonyl (C=O) groups is 2. The molecule has 0 aromatic heterocycles. The first-order valence-electron chi connectivity index (χ1n) is 35.3. The zero-order valence-electron chi connectivity index (χ0n) is 54.8. The lowest BCUT2D eigenvalue weighted by molar-refractivity contribution is -0.870. The number of amides is 1. The summed E-state index contributed by atoms with van der Waals surface area (Å²) in [7, 11) is 1.51. The Kier molecular flexibility index (Phi) is 60.0. The maximum absolute atomic E-state index is 13.6. The highest BCUT2D eigenvalue weighted by atomic mass is 31.2. The third-order valence-electron chi connectivity index (χ3n) is 16.1. The molecule has 10 heteroatoms. The van der Waals surface area contributed by atoms with Crippen LogP contribution in [0.5, 0.6) is 0 Å². The number of hydrogen-bond acceptors (Lipinski definition) is 6. The highest BCUT2D eigenvalue weighted by molar-refractivity contribution is 7.47. The average molecular weight is 1160 g/mol. The van der Waals surface area contributed by atoms with E-state index in [2.05, 4.69) is 50.4 Å². The smallest absolute Gasteiger partial charge is 0.456 e. The van der Waals surface area contributed by atoms with E-state index in [9.17, 15) is 19.0 Å². The first-order chi connectivity index (χ1) is 39.4. The van der Waals surface area contributed by atoms with Crippen molar-refractivity contribution in [3.8, 4) is 0 Å². The number of nitrogens with one attached hydrogen (secondary N) is 1. The number of phosphoric ester groups is 1. The van der Waals surface area contributed by atoms with Crippen molar-refractivity contribution in [1.82, 2.24) is 5.32 Å². The Bertz CT molecular complexity index is 1480. The number of hydrogen-bond donors (Lipinski definition) is 2. The molecular weight excluding hydrogens is 1020 g/mol. The zero-order chi connectivity index (χ0) is 59.3. The summed E-state index contributed by atoms with van der Waals surface area (Å²) in [5.74, 6) is -0.489. The highest BCUT2D eigenvalue weighted by Crippen LogP contribution is 2.43. The van der Waals surface area contributed by atoms with Crippen LogP contribution in [-0.4, -0.2) is 74.3 Å². The molecule has 3 unspecified atom stereocenters. The second-order valence-corrected chi connectivity index (χ2v) is 26.9. The van der Waals surface area contributed by atoms with E-state index < -0.39 is 20.0 Å². The van der Waals surface area contributed by atoms with Crippen molar-refractivity contribution in [2.45, 2.75) is 367 Å². The average Bonchev–Trinajstić information content (AvgIpc) is 3.43. The third kappa shape index (κ3) is 62.6. The molecule has 0 saturated heterocycles. The van der Waals surface area contributed by atoms with Crippen LogP contribution < -0.4 is 5.32 Å². The van der Waals surface area contributed by atoms with E-state index in [1.54, 1.807) is 0 Å². The van der Waals surface area contributed by atoms with Gasteiger partial charge in [-0.25, -0.2) is 4.57 Å². The number of rotatable bonds is 65. The van der Waals surface area contributed by atoms with Crippen molar-refractivity contribution in [3.05, 3.63) is 36.5 Å². The van der Waals surface area contributed by atoms with E-state index in [-0.39, 0.29) is 25.1 Å². The molecule has 0 rings (SSSR count). The van der Waals surface area contributed by atoms with Gasteiger partial charge in [0.25, 0.3) is 0 Å². The van der Waals surface area contributed by atoms with Crippen LogP contribution in [0.3, 0.4) is 0 Å². The van der Waals surface area contributed by atoms with Crippen molar-refractivity contribution in [2.24, 2.45) is 0 Å². The number of quaternary nitrogens is 1. The van der Waals surface area contributed by atoms with E-state index in [1.807, 2.05) is 33.3 Å². The number of allylic oxidation sites excluding steroid dienone is 5. The predicted octanol–water partition coefficient (Wildman–Crippen LogP) is 22.2. The van der Waals surface area contributed by atoms with E-state index in [1.165, 1.54) is 263 Å². The minimum absolute atomic E-state index is 0.0426. The van der Waals surface area contributed by atoms with Gasteiger partial charge in [0.2, 0.25) is 5.91 Å². The fraction of sp³-hybridized carbons (Fsp3) is 0.887. The molecule has 0 aromatic carbocycles. The van der Waals surface area contributed by atoms with Crippen molar-refractivity contribution in [3.63, 3.8) is 0 Å². The van der Waals surface area contributed by atoms with Gasteiger partial charge in [-0.3, -0.25) is 18.6 Å². The molecule has 0 aliphatic rings. The maximum Gasteiger partial charge on any atom is 0.472 e. The monoisotopic (exact) mass is 1160 g/mol. The van der Waals surface area contributed by atoms with Crippen LogP contribution in [0.2, 0.25) is 0 Å². The lowest BCUT2D eigenvalue weighted by Crippen LogP contribution is -2.47. The second kappa shape index (κ2) is 61.3. The highest BCUT2D eigenvalue weighted by Gasteiger charge is 2.30. The maximum atomic E-state index is 13.6. The quantitative estimate of drug-likeness (QED) is 0.0205. The van der Waals surface area contributed by atoms with Gasteiger partial charge >= 0.3 is 13.8 Å². The lowest BCUT2D eigenvalue weighted by Gasteiger charge is -2.27. The first kappa shape index (κ1) is 79.2. The van der Waals surface area contributed by atoms with Crippen molar-refractivity contribution < 1.29 is 37.3 Å². The van der Waals surface area contributed by atoms with E-state index in [4.69, 9.17) is 13.8 Å². The van der Waals surface area contributed by atoms with Crippen LogP contribution in [0.4, 0.5) is 0 Å². The summed E-state index contributed by atoms with van der Waals surface area (Å²) in [5, 5.41) is 3.07. The topological polar surface area (TPSA) is 111 Å². The van der Waals surface area contributed by atoms with Crippen LogP contribution in [0, 0.1) is 0 Å². The molecule has 81 heavy (non-hydrogen) atoms. The van der Waals surface area contributed by atoms with Crippen LogP contribution >= 0.6 is 7.82 Å². The molecular formula is C71H138N2O7P+. The van der Waals surface area contributed by atoms with E-state index in [0.29, 0.717) is 23.9 Å². The Morgan fingerprint density at radius 1 is 0.420 bits per heavy atom. The largest absolute Gasteiger partial charge is 0.472 e. The summed E-state index contributed by atoms with van der Waals surface area (Å²) in [6.45, 7) is 7.05. The van der Waals surface area contributed by atoms with Crippen molar-refractivity contribution in [2.75, 3.05) is 40.9 Å². The Balaban J connectivity index is 5.02. The molecule has 9 nitrogen and oxygen atoms in total. The number of ether oxygens (including phenoxy) is 1. The molecule has 0 radical (unpaired) electrons. The van der Waals surface area contributed by atoms with Gasteiger partial charge in [-0.15, -0.1) is 0 Å². The summed E-state index contributed by atoms with van der Waals surface area (Å²) in [4.78, 5) is 37.9. The third-order valence-corrected chi connectivity index (χ3v) is 17.0. The van der Waals surface area contributed by atoms with Crippen molar-refractivity contribution >= 4 is 19.7 Å². The Morgan fingerprint density at radius 3 is 1.05 bits per heavy atom. The molecule has 0 bridgehead atoms. The van der Waals surface area contributed by atoms with E-state index in [0.717, 1.165) is 57.8 Å². The SMILES string of the molecule is CCCCCCCC/C=C/CCCCCCCCCCCCCCCC(=O)NC(COP(=O)(O)OCC[N+](C)(C)C)C(/C=C/CCCCCCCCCCC)OC(=O)CCCCCCCCCCCCC/C=C/CCCCCCCC. The van der Waals surface area contributed by atoms with Gasteiger partial charge in [0.1, 0.15) is 19.3 Å². The van der Waals surface area contributed by atoms with Crippen LogP contribution in [0.1, 0.15) is 355 Å². The number of nitrogens with zero attached hydrogens (tertiary/aromatic N) is 1. The molecule has 478 valence electrons. The molecule has 0 heterocycles. The fourth-order valence-electron chi connectivity index (χ4n) is 10.6. The van der Waals surface area contributed by atoms with Gasteiger partial charge in [0.15, 0.2) is 0 Å². The Hall–Kier alpha value is -1.77. The summed E-state index contributed by atoms with van der Waals surface area (Å²) >= 11 is 0. The molecule has 0 spiro atoms. The van der Waals surface area contributed by atoms with Gasteiger partial charge in [0.05, 0.1) is 33.8 Å². The summed E-state index contributed by atoms with van der Waals surface area (Å²) in [6.07, 6.45) is 75.8. The number of unbranched alkanes of at least 4 members (excludes halogenated alkanes) is 45. The Morgan fingerprint density at radius 2 is 0.716 bits per heavy atom. The second-order valence-electron chi connectivity index (χ2n) is 25.4. The molecule has 0 aromatic rings. The van der Waals surface area contributed by atoms with Gasteiger partial charge in [-0.05, 0) is 83.1 Å². The van der Waals surface area contributed by atoms with Crippen LogP contribution in [0.15, 0.2) is 36.5 Å². The van der Waals surface area contributed by atoms with Crippen LogP contribution in [0.25, 0.3) is 0 Å². The number of carbonyl (C=O) groups excluding carboxylic acids is 2. The van der Waals surface area contributed by atoms with Crippen LogP contribution in [-0.2, 0) is 27.9 Å². The van der Waals surface area contributed by atoms with E-state index >= 15 is 0 Å². The van der Waals surface area contributed by atoms with Gasteiger partial charge < -0.3 is 19.4 Å². The molecule has 3 atom stereocenters. The van der Waals surface area contributed by atoms with Gasteiger partial charge in [-0.2, -0.15) is 0 Å². The minimum atomic E-state index is -4.45. The normalized spacial score (nSPS) is 13.7.